The summed E-state index contributed by atoms with van der Waals surface area (Å²) in [4.78, 5) is 22.9. The van der Waals surface area contributed by atoms with Crippen LogP contribution in [0.4, 0.5) is 4.79 Å². The molecule has 0 aromatic heterocycles. The number of carbonyl (C=O) groups excluding carboxylic acids is 2. The third kappa shape index (κ3) is 7.00. The number of benzene rings is 1. The predicted molar refractivity (Wildman–Crippen MR) is 90.1 cm³/mol. The van der Waals surface area contributed by atoms with Gasteiger partial charge in [0.1, 0.15) is 6.61 Å². The van der Waals surface area contributed by atoms with E-state index in [1.807, 2.05) is 19.9 Å². The quantitative estimate of drug-likeness (QED) is 0.327. The SMILES string of the molecule is CCOC(=O)Oc1ccc(/C=C/C(=O)OCC=C(C)C)cc1OC. The average molecular weight is 334 g/mol. The normalized spacial score (nSPS) is 10.2. The molecular formula is C18H22O6. The van der Waals surface area contributed by atoms with Crippen molar-refractivity contribution in [2.45, 2.75) is 20.8 Å². The van der Waals surface area contributed by atoms with Crippen LogP contribution in [0.1, 0.15) is 26.3 Å². The summed E-state index contributed by atoms with van der Waals surface area (Å²) in [6.07, 6.45) is 3.92. The summed E-state index contributed by atoms with van der Waals surface area (Å²) in [5.41, 5.74) is 1.77. The summed E-state index contributed by atoms with van der Waals surface area (Å²) in [7, 11) is 1.45. The number of hydrogen-bond acceptors (Lipinski definition) is 6. The van der Waals surface area contributed by atoms with Gasteiger partial charge in [0, 0.05) is 6.08 Å². The largest absolute Gasteiger partial charge is 0.513 e. The van der Waals surface area contributed by atoms with Gasteiger partial charge in [-0.25, -0.2) is 9.59 Å². The van der Waals surface area contributed by atoms with Crippen LogP contribution < -0.4 is 9.47 Å². The zero-order valence-electron chi connectivity index (χ0n) is 14.3. The molecular weight excluding hydrogens is 312 g/mol. The van der Waals surface area contributed by atoms with E-state index in [1.54, 1.807) is 31.2 Å². The summed E-state index contributed by atoms with van der Waals surface area (Å²) in [6.45, 7) is 5.99. The minimum atomic E-state index is -0.804. The van der Waals surface area contributed by atoms with E-state index in [9.17, 15) is 9.59 Å². The average Bonchev–Trinajstić information content (AvgIpc) is 2.53. The first-order chi connectivity index (χ1) is 11.5. The third-order valence-corrected chi connectivity index (χ3v) is 2.77. The van der Waals surface area contributed by atoms with Gasteiger partial charge >= 0.3 is 12.1 Å². The van der Waals surface area contributed by atoms with Crippen molar-refractivity contribution < 1.29 is 28.5 Å². The van der Waals surface area contributed by atoms with Crippen LogP contribution in [0.3, 0.4) is 0 Å². The topological polar surface area (TPSA) is 71.1 Å². The van der Waals surface area contributed by atoms with Crippen molar-refractivity contribution in [3.05, 3.63) is 41.5 Å². The molecule has 0 heterocycles. The second-order valence-corrected chi connectivity index (χ2v) is 4.94. The van der Waals surface area contributed by atoms with Gasteiger partial charge < -0.3 is 18.9 Å². The highest BCUT2D eigenvalue weighted by Crippen LogP contribution is 2.28. The third-order valence-electron chi connectivity index (χ3n) is 2.77. The lowest BCUT2D eigenvalue weighted by atomic mass is 10.2. The molecule has 0 unspecified atom stereocenters. The monoisotopic (exact) mass is 334 g/mol. The van der Waals surface area contributed by atoms with Crippen molar-refractivity contribution >= 4 is 18.2 Å². The van der Waals surface area contributed by atoms with Gasteiger partial charge in [0.2, 0.25) is 0 Å². The van der Waals surface area contributed by atoms with Gasteiger partial charge in [0.25, 0.3) is 0 Å². The van der Waals surface area contributed by atoms with E-state index in [4.69, 9.17) is 18.9 Å². The molecule has 0 saturated heterocycles. The van der Waals surface area contributed by atoms with E-state index in [0.717, 1.165) is 5.57 Å². The fourth-order valence-corrected chi connectivity index (χ4v) is 1.61. The van der Waals surface area contributed by atoms with Crippen LogP contribution in [-0.2, 0) is 14.3 Å². The number of ether oxygens (including phenoxy) is 4. The van der Waals surface area contributed by atoms with Crippen LogP contribution >= 0.6 is 0 Å². The van der Waals surface area contributed by atoms with Crippen molar-refractivity contribution in [1.82, 2.24) is 0 Å². The Morgan fingerprint density at radius 3 is 2.50 bits per heavy atom. The Balaban J connectivity index is 2.73. The highest BCUT2D eigenvalue weighted by Gasteiger charge is 2.11. The Kier molecular flexibility index (Phi) is 8.11. The number of esters is 1. The molecule has 1 aromatic carbocycles. The predicted octanol–water partition coefficient (Wildman–Crippen LogP) is 3.75. The fraction of sp³-hybridized carbons (Fsp3) is 0.333. The van der Waals surface area contributed by atoms with E-state index >= 15 is 0 Å². The van der Waals surface area contributed by atoms with Crippen molar-refractivity contribution in [2.75, 3.05) is 20.3 Å². The molecule has 0 amide bonds. The maximum Gasteiger partial charge on any atom is 0.513 e. The molecule has 0 atom stereocenters. The summed E-state index contributed by atoms with van der Waals surface area (Å²) in [6, 6.07) is 4.87. The lowest BCUT2D eigenvalue weighted by Gasteiger charge is -2.09. The molecule has 0 bridgehead atoms. The summed E-state index contributed by atoms with van der Waals surface area (Å²) >= 11 is 0. The number of rotatable bonds is 7. The van der Waals surface area contributed by atoms with Gasteiger partial charge in [-0.15, -0.1) is 0 Å². The number of allylic oxidation sites excluding steroid dienone is 1. The minimum absolute atomic E-state index is 0.219. The molecule has 1 aromatic rings. The van der Waals surface area contributed by atoms with Crippen molar-refractivity contribution in [1.29, 1.82) is 0 Å². The van der Waals surface area contributed by atoms with Crippen molar-refractivity contribution in [3.63, 3.8) is 0 Å². The van der Waals surface area contributed by atoms with E-state index in [1.165, 1.54) is 13.2 Å². The first kappa shape index (κ1) is 19.3. The Bertz CT molecular complexity index is 626. The first-order valence-corrected chi connectivity index (χ1v) is 7.47. The van der Waals surface area contributed by atoms with Gasteiger partial charge in [-0.3, -0.25) is 0 Å². The standard InChI is InChI=1S/C18H22O6/c1-5-22-18(20)24-15-8-6-14(12-16(15)21-4)7-9-17(19)23-11-10-13(2)3/h6-10,12H,5,11H2,1-4H3/b9-7+. The fourth-order valence-electron chi connectivity index (χ4n) is 1.61. The van der Waals surface area contributed by atoms with E-state index in [-0.39, 0.29) is 19.0 Å². The molecule has 1 rings (SSSR count). The van der Waals surface area contributed by atoms with E-state index in [2.05, 4.69) is 0 Å². The molecule has 0 radical (unpaired) electrons. The van der Waals surface area contributed by atoms with Crippen molar-refractivity contribution in [3.8, 4) is 11.5 Å². The number of hydrogen-bond donors (Lipinski definition) is 0. The van der Waals surface area contributed by atoms with Gasteiger partial charge in [-0.2, -0.15) is 0 Å². The summed E-state index contributed by atoms with van der Waals surface area (Å²) in [5, 5.41) is 0. The van der Waals surface area contributed by atoms with E-state index in [0.29, 0.717) is 11.3 Å². The highest BCUT2D eigenvalue weighted by molar-refractivity contribution is 5.87. The van der Waals surface area contributed by atoms with Crippen molar-refractivity contribution in [2.24, 2.45) is 0 Å². The van der Waals surface area contributed by atoms with E-state index < -0.39 is 12.1 Å². The first-order valence-electron chi connectivity index (χ1n) is 7.47. The lowest BCUT2D eigenvalue weighted by molar-refractivity contribution is -0.136. The van der Waals surface area contributed by atoms with Crippen LogP contribution in [0.5, 0.6) is 11.5 Å². The highest BCUT2D eigenvalue weighted by atomic mass is 16.7. The molecule has 0 aliphatic carbocycles. The smallest absolute Gasteiger partial charge is 0.493 e. The maximum absolute atomic E-state index is 11.6. The molecule has 0 spiro atoms. The molecule has 0 fully saturated rings. The Morgan fingerprint density at radius 1 is 1.12 bits per heavy atom. The second kappa shape index (κ2) is 10.1. The van der Waals surface area contributed by atoms with Gasteiger partial charge in [0.05, 0.1) is 13.7 Å². The Labute approximate surface area is 141 Å². The van der Waals surface area contributed by atoms with Crippen LogP contribution in [0, 0.1) is 0 Å². The molecule has 24 heavy (non-hydrogen) atoms. The summed E-state index contributed by atoms with van der Waals surface area (Å²) < 4.78 is 19.9. The zero-order valence-corrected chi connectivity index (χ0v) is 14.3. The molecule has 0 aliphatic heterocycles. The molecule has 130 valence electrons. The van der Waals surface area contributed by atoms with Gasteiger partial charge in [0.15, 0.2) is 11.5 Å². The Morgan fingerprint density at radius 2 is 1.88 bits per heavy atom. The lowest BCUT2D eigenvalue weighted by Crippen LogP contribution is -2.10. The molecule has 0 aliphatic rings. The van der Waals surface area contributed by atoms with Crippen LogP contribution in [0.25, 0.3) is 6.08 Å². The second-order valence-electron chi connectivity index (χ2n) is 4.94. The molecule has 6 heteroatoms. The summed E-state index contributed by atoms with van der Waals surface area (Å²) in [5.74, 6) is 0.140. The van der Waals surface area contributed by atoms with Gasteiger partial charge in [-0.1, -0.05) is 11.6 Å². The molecule has 0 N–H and O–H groups in total. The zero-order chi connectivity index (χ0) is 17.9. The van der Waals surface area contributed by atoms with Gasteiger partial charge in [-0.05, 0) is 50.6 Å². The maximum atomic E-state index is 11.6. The van der Waals surface area contributed by atoms with Crippen LogP contribution in [-0.4, -0.2) is 32.4 Å². The number of methoxy groups -OCH3 is 1. The van der Waals surface area contributed by atoms with Crippen LogP contribution in [0.15, 0.2) is 35.9 Å². The minimum Gasteiger partial charge on any atom is -0.493 e. The number of carbonyl (C=O) groups is 2. The molecule has 0 saturated carbocycles. The molecule has 6 nitrogen and oxygen atoms in total. The van der Waals surface area contributed by atoms with Crippen LogP contribution in [0.2, 0.25) is 0 Å². The Hall–Kier alpha value is -2.76.